The summed E-state index contributed by atoms with van der Waals surface area (Å²) in [4.78, 5) is 0. The molecule has 0 saturated heterocycles. The second-order valence-corrected chi connectivity index (χ2v) is 2.83. The van der Waals surface area contributed by atoms with E-state index in [0.717, 1.165) is 5.92 Å². The first-order chi connectivity index (χ1) is 4.80. The first-order valence-electron chi connectivity index (χ1n) is 4.49. The number of hydrogen-bond acceptors (Lipinski definition) is 0. The highest BCUT2D eigenvalue weighted by Crippen LogP contribution is 2.23. The van der Waals surface area contributed by atoms with E-state index in [1.807, 2.05) is 13.8 Å². The molecule has 0 aromatic rings. The molecule has 0 unspecified atom stereocenters. The van der Waals surface area contributed by atoms with Gasteiger partial charge in [0.15, 0.2) is 0 Å². The van der Waals surface area contributed by atoms with Crippen molar-refractivity contribution in [3.63, 3.8) is 0 Å². The molecule has 0 spiro atoms. The van der Waals surface area contributed by atoms with Crippen LogP contribution in [0, 0.1) is 5.92 Å². The van der Waals surface area contributed by atoms with Crippen molar-refractivity contribution in [3.05, 3.63) is 11.6 Å². The van der Waals surface area contributed by atoms with Gasteiger partial charge < -0.3 is 0 Å². The minimum Gasteiger partial charge on any atom is -0.0851 e. The Kier molecular flexibility index (Phi) is 5.38. The van der Waals surface area contributed by atoms with E-state index < -0.39 is 0 Å². The van der Waals surface area contributed by atoms with Gasteiger partial charge in [-0.25, -0.2) is 0 Å². The van der Waals surface area contributed by atoms with Crippen molar-refractivity contribution in [2.45, 2.75) is 47.0 Å². The zero-order valence-electron chi connectivity index (χ0n) is 7.78. The van der Waals surface area contributed by atoms with E-state index in [1.165, 1.54) is 19.3 Å². The third-order valence-corrected chi connectivity index (χ3v) is 1.82. The molecular formula is C10H20. The Morgan fingerprint density at radius 3 is 2.10 bits per heavy atom. The Hall–Kier alpha value is -0.260. The van der Waals surface area contributed by atoms with Crippen LogP contribution in [0.1, 0.15) is 47.0 Å². The van der Waals surface area contributed by atoms with Crippen LogP contribution in [0.5, 0.6) is 0 Å². The lowest BCUT2D eigenvalue weighted by Crippen LogP contribution is -1.87. The van der Waals surface area contributed by atoms with E-state index in [4.69, 9.17) is 0 Å². The minimum atomic E-state index is 0.803. The van der Waals surface area contributed by atoms with Gasteiger partial charge in [-0.2, -0.15) is 0 Å². The van der Waals surface area contributed by atoms with Crippen molar-refractivity contribution >= 4 is 0 Å². The standard InChI is InChI=1S/C8H14.C2H6/c1-7(2)8-5-3-4-6-8;1-2/h5,7H,3-4,6H2,1-2H3;1-2H3. The highest BCUT2D eigenvalue weighted by Gasteiger charge is 2.06. The SMILES string of the molecule is CC.CC(C)C1=CCCC1. The predicted molar refractivity (Wildman–Crippen MR) is 48.1 cm³/mol. The molecule has 0 bridgehead atoms. The number of hydrogen-bond donors (Lipinski definition) is 0. The van der Waals surface area contributed by atoms with Crippen LogP contribution < -0.4 is 0 Å². The van der Waals surface area contributed by atoms with Gasteiger partial charge in [0.1, 0.15) is 0 Å². The lowest BCUT2D eigenvalue weighted by molar-refractivity contribution is 0.726. The van der Waals surface area contributed by atoms with Gasteiger partial charge in [-0.15, -0.1) is 0 Å². The molecule has 60 valence electrons. The molecule has 0 saturated carbocycles. The molecule has 0 amide bonds. The van der Waals surface area contributed by atoms with Crippen molar-refractivity contribution in [3.8, 4) is 0 Å². The maximum Gasteiger partial charge on any atom is -0.0260 e. The summed E-state index contributed by atoms with van der Waals surface area (Å²) >= 11 is 0. The van der Waals surface area contributed by atoms with E-state index >= 15 is 0 Å². The topological polar surface area (TPSA) is 0 Å². The molecule has 0 aromatic heterocycles. The number of allylic oxidation sites excluding steroid dienone is 2. The third-order valence-electron chi connectivity index (χ3n) is 1.82. The van der Waals surface area contributed by atoms with Gasteiger partial charge in [-0.1, -0.05) is 39.3 Å². The molecule has 1 rings (SSSR count). The van der Waals surface area contributed by atoms with Crippen LogP contribution >= 0.6 is 0 Å². The average molecular weight is 140 g/mol. The molecular weight excluding hydrogens is 120 g/mol. The fraction of sp³-hybridized carbons (Fsp3) is 0.800. The van der Waals surface area contributed by atoms with Gasteiger partial charge in [-0.3, -0.25) is 0 Å². The van der Waals surface area contributed by atoms with Crippen molar-refractivity contribution in [2.75, 3.05) is 0 Å². The van der Waals surface area contributed by atoms with Crippen LogP contribution in [0.25, 0.3) is 0 Å². The molecule has 0 aliphatic heterocycles. The van der Waals surface area contributed by atoms with Gasteiger partial charge >= 0.3 is 0 Å². The van der Waals surface area contributed by atoms with E-state index in [-0.39, 0.29) is 0 Å². The summed E-state index contributed by atoms with van der Waals surface area (Å²) in [5.74, 6) is 0.803. The molecule has 0 fully saturated rings. The Morgan fingerprint density at radius 2 is 1.90 bits per heavy atom. The highest BCUT2D eigenvalue weighted by atomic mass is 14.1. The lowest BCUT2D eigenvalue weighted by atomic mass is 10.0. The van der Waals surface area contributed by atoms with Crippen LogP contribution in [-0.4, -0.2) is 0 Å². The van der Waals surface area contributed by atoms with Crippen LogP contribution in [-0.2, 0) is 0 Å². The van der Waals surface area contributed by atoms with E-state index in [0.29, 0.717) is 0 Å². The molecule has 0 radical (unpaired) electrons. The Bertz CT molecular complexity index is 98.6. The van der Waals surface area contributed by atoms with Crippen molar-refractivity contribution in [1.82, 2.24) is 0 Å². The van der Waals surface area contributed by atoms with Gasteiger partial charge in [0.25, 0.3) is 0 Å². The second-order valence-electron chi connectivity index (χ2n) is 2.83. The van der Waals surface area contributed by atoms with Crippen molar-refractivity contribution < 1.29 is 0 Å². The summed E-state index contributed by atoms with van der Waals surface area (Å²) in [6.07, 6.45) is 6.48. The normalized spacial score (nSPS) is 16.3. The minimum absolute atomic E-state index is 0.803. The smallest absolute Gasteiger partial charge is 0.0260 e. The summed E-state index contributed by atoms with van der Waals surface area (Å²) in [7, 11) is 0. The molecule has 1 aliphatic rings. The van der Waals surface area contributed by atoms with Crippen LogP contribution in [0.3, 0.4) is 0 Å². The van der Waals surface area contributed by atoms with Gasteiger partial charge in [0.2, 0.25) is 0 Å². The van der Waals surface area contributed by atoms with E-state index in [2.05, 4.69) is 19.9 Å². The second kappa shape index (κ2) is 5.52. The summed E-state index contributed by atoms with van der Waals surface area (Å²) < 4.78 is 0. The lowest BCUT2D eigenvalue weighted by Gasteiger charge is -2.02. The third kappa shape index (κ3) is 3.05. The highest BCUT2D eigenvalue weighted by molar-refractivity contribution is 5.09. The fourth-order valence-corrected chi connectivity index (χ4v) is 1.22. The Morgan fingerprint density at radius 1 is 1.30 bits per heavy atom. The summed E-state index contributed by atoms with van der Waals surface area (Å²) in [5, 5.41) is 0. The van der Waals surface area contributed by atoms with Gasteiger partial charge in [0, 0.05) is 0 Å². The molecule has 0 N–H and O–H groups in total. The van der Waals surface area contributed by atoms with Crippen LogP contribution in [0.15, 0.2) is 11.6 Å². The largest absolute Gasteiger partial charge is 0.0851 e. The Balaban J connectivity index is 0.000000371. The summed E-state index contributed by atoms with van der Waals surface area (Å²) in [5.41, 5.74) is 1.67. The van der Waals surface area contributed by atoms with E-state index in [1.54, 1.807) is 5.57 Å². The van der Waals surface area contributed by atoms with Gasteiger partial charge in [-0.05, 0) is 25.2 Å². The molecule has 0 heterocycles. The molecule has 0 heteroatoms. The summed E-state index contributed by atoms with van der Waals surface area (Å²) in [6, 6.07) is 0. The zero-order valence-corrected chi connectivity index (χ0v) is 7.78. The van der Waals surface area contributed by atoms with Gasteiger partial charge in [0.05, 0.1) is 0 Å². The van der Waals surface area contributed by atoms with Crippen LogP contribution in [0.4, 0.5) is 0 Å². The molecule has 1 aliphatic carbocycles. The molecule has 0 nitrogen and oxygen atoms in total. The van der Waals surface area contributed by atoms with Crippen molar-refractivity contribution in [2.24, 2.45) is 5.92 Å². The monoisotopic (exact) mass is 140 g/mol. The zero-order chi connectivity index (χ0) is 7.98. The quantitative estimate of drug-likeness (QED) is 0.486. The summed E-state index contributed by atoms with van der Waals surface area (Å²) in [6.45, 7) is 8.55. The first kappa shape index (κ1) is 9.74. The Labute approximate surface area is 65.3 Å². The van der Waals surface area contributed by atoms with Crippen molar-refractivity contribution in [1.29, 1.82) is 0 Å². The fourth-order valence-electron chi connectivity index (χ4n) is 1.22. The predicted octanol–water partition coefficient (Wildman–Crippen LogP) is 3.78. The molecule has 10 heavy (non-hydrogen) atoms. The molecule has 0 aromatic carbocycles. The first-order valence-corrected chi connectivity index (χ1v) is 4.49. The maximum atomic E-state index is 2.39. The maximum absolute atomic E-state index is 2.39. The number of rotatable bonds is 1. The van der Waals surface area contributed by atoms with E-state index in [9.17, 15) is 0 Å². The van der Waals surface area contributed by atoms with Crippen LogP contribution in [0.2, 0.25) is 0 Å². The molecule has 0 atom stereocenters. The average Bonchev–Trinajstić information content (AvgIpc) is 2.42.